The van der Waals surface area contributed by atoms with E-state index in [2.05, 4.69) is 58.0 Å². The Balaban J connectivity index is 1.42. The smallest absolute Gasteiger partial charge is 0.236 e. The van der Waals surface area contributed by atoms with Gasteiger partial charge in [0.2, 0.25) is 5.91 Å². The first-order chi connectivity index (χ1) is 17.9. The number of aromatic nitrogens is 4. The molecule has 0 saturated heterocycles. The van der Waals surface area contributed by atoms with Crippen LogP contribution in [0.5, 0.6) is 0 Å². The normalized spacial score (nSPS) is 10.9. The molecule has 2 aromatic carbocycles. The van der Waals surface area contributed by atoms with Gasteiger partial charge in [0.25, 0.3) is 0 Å². The number of hydrogen-bond acceptors (Lipinski definition) is 7. The molecule has 0 atom stereocenters. The molecule has 0 spiro atoms. The SMILES string of the molecule is C=CCn1c(SCC(=O)Nc2nc(-c3ccc(Cl)cc3Cl)cs2)nnc1-c1ccc(N(CC)CC)cc1. The Morgan fingerprint density at radius 3 is 2.59 bits per heavy atom. The van der Waals surface area contributed by atoms with Crippen molar-refractivity contribution in [1.29, 1.82) is 0 Å². The molecule has 1 amide bonds. The number of thioether (sulfide) groups is 1. The third kappa shape index (κ3) is 6.54. The predicted molar refractivity (Wildman–Crippen MR) is 156 cm³/mol. The van der Waals surface area contributed by atoms with E-state index in [1.807, 2.05) is 28.1 Å². The molecular formula is C26H26Cl2N6OS2. The van der Waals surface area contributed by atoms with Gasteiger partial charge in [-0.3, -0.25) is 9.36 Å². The number of hydrogen-bond donors (Lipinski definition) is 1. The maximum absolute atomic E-state index is 12.7. The van der Waals surface area contributed by atoms with Crippen LogP contribution in [0.1, 0.15) is 13.8 Å². The van der Waals surface area contributed by atoms with Crippen LogP contribution in [0.4, 0.5) is 10.8 Å². The van der Waals surface area contributed by atoms with Crippen LogP contribution >= 0.6 is 46.3 Å². The maximum Gasteiger partial charge on any atom is 0.236 e. The average Bonchev–Trinajstić information content (AvgIpc) is 3.51. The van der Waals surface area contributed by atoms with Gasteiger partial charge in [0.1, 0.15) is 0 Å². The Labute approximate surface area is 234 Å². The van der Waals surface area contributed by atoms with E-state index >= 15 is 0 Å². The van der Waals surface area contributed by atoms with Crippen LogP contribution in [0, 0.1) is 0 Å². The Bertz CT molecular complexity index is 1380. The zero-order valence-corrected chi connectivity index (χ0v) is 23.6. The highest BCUT2D eigenvalue weighted by atomic mass is 35.5. The molecule has 11 heteroatoms. The molecule has 0 aliphatic carbocycles. The molecule has 37 heavy (non-hydrogen) atoms. The van der Waals surface area contributed by atoms with Gasteiger partial charge in [-0.25, -0.2) is 4.98 Å². The highest BCUT2D eigenvalue weighted by molar-refractivity contribution is 7.99. The van der Waals surface area contributed by atoms with Crippen molar-refractivity contribution in [3.8, 4) is 22.6 Å². The molecule has 4 rings (SSSR count). The van der Waals surface area contributed by atoms with Crippen LogP contribution < -0.4 is 10.2 Å². The summed E-state index contributed by atoms with van der Waals surface area (Å²) in [5, 5.41) is 15.6. The summed E-state index contributed by atoms with van der Waals surface area (Å²) in [6, 6.07) is 13.5. The van der Waals surface area contributed by atoms with Crippen molar-refractivity contribution in [3.63, 3.8) is 0 Å². The standard InChI is InChI=1S/C26H26Cl2N6OS2/c1-4-13-34-24(17-7-10-19(11-8-17)33(5-2)6-3)31-32-26(34)37-16-23(35)30-25-29-22(15-36-25)20-12-9-18(27)14-21(20)28/h4,7-12,14-15H,1,5-6,13,16H2,2-3H3,(H,29,30,35). The summed E-state index contributed by atoms with van der Waals surface area (Å²) in [5.74, 6) is 0.706. The summed E-state index contributed by atoms with van der Waals surface area (Å²) in [5.41, 5.74) is 3.56. The second kappa shape index (κ2) is 12.6. The number of benzene rings is 2. The summed E-state index contributed by atoms with van der Waals surface area (Å²) in [4.78, 5) is 19.4. The van der Waals surface area contributed by atoms with Crippen LogP contribution in [0.15, 0.2) is 65.7 Å². The van der Waals surface area contributed by atoms with Crippen molar-refractivity contribution in [2.24, 2.45) is 0 Å². The molecule has 2 aromatic heterocycles. The minimum atomic E-state index is -0.189. The second-order valence-corrected chi connectivity index (χ2v) is 10.6. The summed E-state index contributed by atoms with van der Waals surface area (Å²) < 4.78 is 1.96. The lowest BCUT2D eigenvalue weighted by atomic mass is 10.2. The largest absolute Gasteiger partial charge is 0.372 e. The molecule has 1 N–H and O–H groups in total. The number of thiazole rings is 1. The Hall–Kier alpha value is -2.85. The summed E-state index contributed by atoms with van der Waals surface area (Å²) in [6.45, 7) is 10.6. The lowest BCUT2D eigenvalue weighted by Gasteiger charge is -2.21. The molecule has 4 aromatic rings. The average molecular weight is 574 g/mol. The van der Waals surface area contributed by atoms with Crippen LogP contribution in [-0.4, -0.2) is 44.5 Å². The number of nitrogens with zero attached hydrogens (tertiary/aromatic N) is 5. The van der Waals surface area contributed by atoms with Gasteiger partial charge in [-0.1, -0.05) is 41.0 Å². The van der Waals surface area contributed by atoms with E-state index in [0.29, 0.717) is 32.6 Å². The first-order valence-electron chi connectivity index (χ1n) is 11.7. The van der Waals surface area contributed by atoms with Gasteiger partial charge in [0.15, 0.2) is 16.1 Å². The molecule has 0 radical (unpaired) electrons. The zero-order chi connectivity index (χ0) is 26.4. The van der Waals surface area contributed by atoms with Crippen LogP contribution in [0.25, 0.3) is 22.6 Å². The number of amides is 1. The lowest BCUT2D eigenvalue weighted by Crippen LogP contribution is -2.21. The summed E-state index contributed by atoms with van der Waals surface area (Å²) >= 11 is 14.9. The number of carbonyl (C=O) groups is 1. The van der Waals surface area contributed by atoms with Crippen LogP contribution in [0.2, 0.25) is 10.0 Å². The van der Waals surface area contributed by atoms with Crippen molar-refractivity contribution in [1.82, 2.24) is 19.7 Å². The molecule has 0 fully saturated rings. The summed E-state index contributed by atoms with van der Waals surface area (Å²) in [7, 11) is 0. The molecule has 192 valence electrons. The molecule has 2 heterocycles. The highest BCUT2D eigenvalue weighted by Crippen LogP contribution is 2.32. The van der Waals surface area contributed by atoms with Gasteiger partial charge >= 0.3 is 0 Å². The number of nitrogens with one attached hydrogen (secondary N) is 1. The number of carbonyl (C=O) groups excluding carboxylic acids is 1. The van der Waals surface area contributed by atoms with Gasteiger partial charge in [-0.05, 0) is 56.3 Å². The Kier molecular flexibility index (Phi) is 9.26. The topological polar surface area (TPSA) is 75.9 Å². The lowest BCUT2D eigenvalue weighted by molar-refractivity contribution is -0.113. The maximum atomic E-state index is 12.7. The second-order valence-electron chi connectivity index (χ2n) is 7.92. The molecule has 7 nitrogen and oxygen atoms in total. The number of rotatable bonds is 11. The molecule has 0 saturated carbocycles. The fraction of sp³-hybridized carbons (Fsp3) is 0.231. The summed E-state index contributed by atoms with van der Waals surface area (Å²) in [6.07, 6.45) is 1.79. The van der Waals surface area contributed by atoms with Gasteiger partial charge in [0.05, 0.1) is 16.5 Å². The molecule has 0 aliphatic rings. The van der Waals surface area contributed by atoms with E-state index in [1.54, 1.807) is 18.2 Å². The molecular weight excluding hydrogens is 547 g/mol. The van der Waals surface area contributed by atoms with Gasteiger partial charge in [0, 0.05) is 46.9 Å². The van der Waals surface area contributed by atoms with Crippen molar-refractivity contribution in [3.05, 3.63) is 70.5 Å². The van der Waals surface area contributed by atoms with Gasteiger partial charge in [-0.2, -0.15) is 0 Å². The van der Waals surface area contributed by atoms with E-state index in [0.717, 1.165) is 30.0 Å². The quantitative estimate of drug-likeness (QED) is 0.152. The van der Waals surface area contributed by atoms with E-state index < -0.39 is 0 Å². The fourth-order valence-electron chi connectivity index (χ4n) is 3.75. The van der Waals surface area contributed by atoms with Crippen molar-refractivity contribution >= 4 is 63.0 Å². The van der Waals surface area contributed by atoms with Crippen molar-refractivity contribution in [2.75, 3.05) is 29.1 Å². The third-order valence-electron chi connectivity index (χ3n) is 5.57. The predicted octanol–water partition coefficient (Wildman–Crippen LogP) is 7.14. The Morgan fingerprint density at radius 2 is 1.92 bits per heavy atom. The van der Waals surface area contributed by atoms with Gasteiger partial charge < -0.3 is 10.2 Å². The van der Waals surface area contributed by atoms with E-state index in [4.69, 9.17) is 23.2 Å². The van der Waals surface area contributed by atoms with Crippen LogP contribution in [-0.2, 0) is 11.3 Å². The van der Waals surface area contributed by atoms with Crippen molar-refractivity contribution in [2.45, 2.75) is 25.5 Å². The highest BCUT2D eigenvalue weighted by Gasteiger charge is 2.17. The fourth-order valence-corrected chi connectivity index (χ4v) is 5.73. The first-order valence-corrected chi connectivity index (χ1v) is 14.3. The molecule has 0 aliphatic heterocycles. The van der Waals surface area contributed by atoms with Crippen molar-refractivity contribution < 1.29 is 4.79 Å². The van der Waals surface area contributed by atoms with Crippen LogP contribution in [0.3, 0.4) is 0 Å². The minimum Gasteiger partial charge on any atom is -0.372 e. The van der Waals surface area contributed by atoms with E-state index in [9.17, 15) is 4.79 Å². The molecule has 0 bridgehead atoms. The van der Waals surface area contributed by atoms with E-state index in [1.165, 1.54) is 28.8 Å². The van der Waals surface area contributed by atoms with Gasteiger partial charge in [-0.15, -0.1) is 28.1 Å². The molecule has 0 unspecified atom stereocenters. The number of halogens is 2. The minimum absolute atomic E-state index is 0.160. The Morgan fingerprint density at radius 1 is 1.16 bits per heavy atom. The monoisotopic (exact) mass is 572 g/mol. The first kappa shape index (κ1) is 27.2. The number of allylic oxidation sites excluding steroid dienone is 1. The number of anilines is 2. The zero-order valence-electron chi connectivity index (χ0n) is 20.4. The van der Waals surface area contributed by atoms with E-state index in [-0.39, 0.29) is 11.7 Å². The third-order valence-corrected chi connectivity index (χ3v) is 7.84.